The van der Waals surface area contributed by atoms with Gasteiger partial charge in [0.05, 0.1) is 4.47 Å². The normalized spacial score (nSPS) is 9.90. The summed E-state index contributed by atoms with van der Waals surface area (Å²) < 4.78 is 2.32. The Labute approximate surface area is 93.8 Å². The summed E-state index contributed by atoms with van der Waals surface area (Å²) in [5.41, 5.74) is 0. The molecular formula is C5H2BrI2NO. The van der Waals surface area contributed by atoms with E-state index in [1.54, 1.807) is 6.07 Å². The molecule has 0 atom stereocenters. The number of hydrogen-bond donors (Lipinski definition) is 1. The third-order valence-electron chi connectivity index (χ3n) is 0.868. The molecule has 5 heteroatoms. The summed E-state index contributed by atoms with van der Waals surface area (Å²) in [4.78, 5) is 4.05. The average molecular weight is 426 g/mol. The van der Waals surface area contributed by atoms with Crippen LogP contribution in [0, 0.1) is 7.40 Å². The van der Waals surface area contributed by atoms with Crippen molar-refractivity contribution in [3.05, 3.63) is 17.9 Å². The molecule has 0 aliphatic carbocycles. The minimum absolute atomic E-state index is 0.216. The van der Waals surface area contributed by atoms with Crippen LogP contribution in [0.1, 0.15) is 0 Å². The van der Waals surface area contributed by atoms with Crippen molar-refractivity contribution < 1.29 is 5.11 Å². The molecule has 0 aliphatic heterocycles. The van der Waals surface area contributed by atoms with E-state index in [1.165, 1.54) is 0 Å². The highest BCUT2D eigenvalue weighted by Gasteiger charge is 2.03. The lowest BCUT2D eigenvalue weighted by atomic mass is 10.5. The maximum absolute atomic E-state index is 9.12. The van der Waals surface area contributed by atoms with Gasteiger partial charge < -0.3 is 5.11 Å². The van der Waals surface area contributed by atoms with E-state index in [4.69, 9.17) is 5.11 Å². The second kappa shape index (κ2) is 3.53. The molecule has 1 rings (SSSR count). The molecular weight excluding hydrogens is 424 g/mol. The fourth-order valence-electron chi connectivity index (χ4n) is 0.436. The molecule has 0 saturated heterocycles. The molecule has 0 saturated carbocycles. The molecule has 2 nitrogen and oxygen atoms in total. The zero-order chi connectivity index (χ0) is 7.72. The van der Waals surface area contributed by atoms with E-state index in [0.29, 0.717) is 3.70 Å². The first-order valence-electron chi connectivity index (χ1n) is 2.32. The summed E-state index contributed by atoms with van der Waals surface area (Å²) in [6, 6.07) is 1.64. The number of aromatic nitrogens is 1. The standard InChI is InChI=1S/C5H2BrI2NO/c6-2-1-3(10)5(8)9-4(2)7/h1,10H. The summed E-state index contributed by atoms with van der Waals surface area (Å²) in [6.45, 7) is 0. The Balaban J connectivity index is 3.28. The van der Waals surface area contributed by atoms with Gasteiger partial charge in [-0.15, -0.1) is 0 Å². The Morgan fingerprint density at radius 2 is 2.00 bits per heavy atom. The molecule has 0 aromatic carbocycles. The van der Waals surface area contributed by atoms with Crippen LogP contribution in [-0.4, -0.2) is 10.1 Å². The second-order valence-electron chi connectivity index (χ2n) is 1.57. The molecule has 1 aromatic heterocycles. The summed E-state index contributed by atoms with van der Waals surface area (Å²) >= 11 is 7.32. The van der Waals surface area contributed by atoms with Gasteiger partial charge in [-0.2, -0.15) is 0 Å². The maximum Gasteiger partial charge on any atom is 0.148 e. The van der Waals surface area contributed by atoms with Crippen molar-refractivity contribution in [2.45, 2.75) is 0 Å². The molecule has 0 aliphatic rings. The number of pyridine rings is 1. The van der Waals surface area contributed by atoms with Crippen LogP contribution >= 0.6 is 61.1 Å². The molecule has 1 heterocycles. The molecule has 0 unspecified atom stereocenters. The van der Waals surface area contributed by atoms with Crippen LogP contribution in [0.5, 0.6) is 5.75 Å². The molecule has 1 N–H and O–H groups in total. The molecule has 0 bridgehead atoms. The number of nitrogens with zero attached hydrogens (tertiary/aromatic N) is 1. The van der Waals surface area contributed by atoms with E-state index in [1.807, 2.05) is 22.6 Å². The Bertz CT molecular complexity index is 216. The quantitative estimate of drug-likeness (QED) is 0.512. The van der Waals surface area contributed by atoms with Crippen LogP contribution in [0.3, 0.4) is 0 Å². The van der Waals surface area contributed by atoms with Crippen LogP contribution in [0.2, 0.25) is 0 Å². The molecule has 1 aromatic rings. The first-order valence-corrected chi connectivity index (χ1v) is 5.27. The van der Waals surface area contributed by atoms with Gasteiger partial charge in [0.1, 0.15) is 13.2 Å². The summed E-state index contributed by atoms with van der Waals surface area (Å²) in [5, 5.41) is 9.12. The van der Waals surface area contributed by atoms with E-state index < -0.39 is 0 Å². The monoisotopic (exact) mass is 425 g/mol. The van der Waals surface area contributed by atoms with Crippen LogP contribution in [0.25, 0.3) is 0 Å². The van der Waals surface area contributed by atoms with Crippen LogP contribution in [-0.2, 0) is 0 Å². The van der Waals surface area contributed by atoms with Crippen LogP contribution < -0.4 is 0 Å². The first kappa shape index (κ1) is 8.98. The Morgan fingerprint density at radius 3 is 2.50 bits per heavy atom. The van der Waals surface area contributed by atoms with E-state index in [9.17, 15) is 0 Å². The Morgan fingerprint density at radius 1 is 1.40 bits per heavy atom. The van der Waals surface area contributed by atoms with Crippen molar-refractivity contribution in [2.75, 3.05) is 0 Å². The van der Waals surface area contributed by atoms with Crippen molar-refractivity contribution in [1.29, 1.82) is 0 Å². The fourth-order valence-corrected chi connectivity index (χ4v) is 2.00. The van der Waals surface area contributed by atoms with Gasteiger partial charge >= 0.3 is 0 Å². The van der Waals surface area contributed by atoms with Gasteiger partial charge in [-0.05, 0) is 67.2 Å². The highest BCUT2D eigenvalue weighted by atomic mass is 127. The highest BCUT2D eigenvalue weighted by Crippen LogP contribution is 2.25. The van der Waals surface area contributed by atoms with Gasteiger partial charge in [-0.1, -0.05) is 0 Å². The molecule has 0 amide bonds. The summed E-state index contributed by atoms with van der Waals surface area (Å²) in [5.74, 6) is 0.216. The van der Waals surface area contributed by atoms with Crippen LogP contribution in [0.4, 0.5) is 0 Å². The Kier molecular flexibility index (Phi) is 3.17. The predicted octanol–water partition coefficient (Wildman–Crippen LogP) is 2.76. The van der Waals surface area contributed by atoms with Gasteiger partial charge in [0.25, 0.3) is 0 Å². The predicted molar refractivity (Wildman–Crippen MR) is 59.0 cm³/mol. The minimum atomic E-state index is 0.216. The number of hydrogen-bond acceptors (Lipinski definition) is 2. The van der Waals surface area contributed by atoms with Crippen LogP contribution in [0.15, 0.2) is 10.5 Å². The summed E-state index contributed by atoms with van der Waals surface area (Å²) in [7, 11) is 0. The van der Waals surface area contributed by atoms with Gasteiger partial charge in [0.2, 0.25) is 0 Å². The lowest BCUT2D eigenvalue weighted by molar-refractivity contribution is 0.467. The van der Waals surface area contributed by atoms with Crippen molar-refractivity contribution in [3.63, 3.8) is 0 Å². The number of aromatic hydroxyl groups is 1. The van der Waals surface area contributed by atoms with E-state index >= 15 is 0 Å². The largest absolute Gasteiger partial charge is 0.505 e. The smallest absolute Gasteiger partial charge is 0.148 e. The fraction of sp³-hybridized carbons (Fsp3) is 0. The minimum Gasteiger partial charge on any atom is -0.505 e. The van der Waals surface area contributed by atoms with E-state index in [-0.39, 0.29) is 5.75 Å². The zero-order valence-electron chi connectivity index (χ0n) is 4.61. The second-order valence-corrected chi connectivity index (χ2v) is 4.47. The average Bonchev–Trinajstić information content (AvgIpc) is 1.84. The maximum atomic E-state index is 9.12. The van der Waals surface area contributed by atoms with Gasteiger partial charge in [0.15, 0.2) is 0 Å². The van der Waals surface area contributed by atoms with Crippen molar-refractivity contribution in [1.82, 2.24) is 4.98 Å². The Hall–Kier alpha value is 0.890. The van der Waals surface area contributed by atoms with Crippen molar-refractivity contribution >= 4 is 61.1 Å². The number of rotatable bonds is 0. The van der Waals surface area contributed by atoms with Gasteiger partial charge in [0, 0.05) is 0 Å². The lowest BCUT2D eigenvalue weighted by Gasteiger charge is -1.97. The first-order chi connectivity index (χ1) is 4.61. The lowest BCUT2D eigenvalue weighted by Crippen LogP contribution is -1.86. The molecule has 0 radical (unpaired) electrons. The topological polar surface area (TPSA) is 33.1 Å². The van der Waals surface area contributed by atoms with Gasteiger partial charge in [-0.25, -0.2) is 4.98 Å². The third-order valence-corrected chi connectivity index (χ3v) is 3.83. The SMILES string of the molecule is Oc1cc(Br)c(I)nc1I. The highest BCUT2D eigenvalue weighted by molar-refractivity contribution is 14.1. The molecule has 0 fully saturated rings. The molecule has 10 heavy (non-hydrogen) atoms. The molecule has 0 spiro atoms. The summed E-state index contributed by atoms with van der Waals surface area (Å²) in [6.07, 6.45) is 0. The zero-order valence-corrected chi connectivity index (χ0v) is 10.5. The van der Waals surface area contributed by atoms with Gasteiger partial charge in [-0.3, -0.25) is 0 Å². The number of halogens is 3. The molecule has 54 valence electrons. The van der Waals surface area contributed by atoms with Crippen molar-refractivity contribution in [3.8, 4) is 5.75 Å². The van der Waals surface area contributed by atoms with E-state index in [2.05, 4.69) is 43.5 Å². The van der Waals surface area contributed by atoms with Crippen molar-refractivity contribution in [2.24, 2.45) is 0 Å². The third kappa shape index (κ3) is 1.94. The van der Waals surface area contributed by atoms with E-state index in [0.717, 1.165) is 8.17 Å².